The van der Waals surface area contributed by atoms with Gasteiger partial charge in [-0.05, 0) is 32.3 Å². The highest BCUT2D eigenvalue weighted by molar-refractivity contribution is 5.87. The smallest absolute Gasteiger partial charge is 0.475 e. The van der Waals surface area contributed by atoms with E-state index >= 15 is 0 Å². The molecule has 0 spiro atoms. The van der Waals surface area contributed by atoms with E-state index in [4.69, 9.17) is 21.5 Å². The molecule has 170 valence electrons. The van der Waals surface area contributed by atoms with Gasteiger partial charge in [-0.2, -0.15) is 17.8 Å². The molecule has 0 bridgehead atoms. The van der Waals surface area contributed by atoms with Gasteiger partial charge in [0.25, 0.3) is 5.56 Å². The quantitative estimate of drug-likeness (QED) is 0.458. The minimum atomic E-state index is -5.08. The van der Waals surface area contributed by atoms with Crippen LogP contribution in [0, 0.1) is 12.7 Å². The zero-order valence-electron chi connectivity index (χ0n) is 16.4. The zero-order valence-corrected chi connectivity index (χ0v) is 16.4. The summed E-state index contributed by atoms with van der Waals surface area (Å²) in [6.07, 6.45) is -2.58. The Morgan fingerprint density at radius 2 is 1.81 bits per heavy atom. The van der Waals surface area contributed by atoms with Crippen molar-refractivity contribution in [2.45, 2.75) is 44.4 Å². The van der Waals surface area contributed by atoms with Crippen LogP contribution in [0.15, 0.2) is 15.7 Å². The first-order valence-corrected chi connectivity index (χ1v) is 9.40. The van der Waals surface area contributed by atoms with Crippen LogP contribution in [0.1, 0.15) is 30.9 Å². The SMILES string of the molecule is Cc1c(N2CCC(N)C2)c(F)cc2c(=O)n(N)c(=O)n(C3CC3)c12.O=C(O)C(F)(F)F. The number of anilines is 1. The van der Waals surface area contributed by atoms with Gasteiger partial charge in [-0.15, -0.1) is 0 Å². The Balaban J connectivity index is 0.000000339. The lowest BCUT2D eigenvalue weighted by Gasteiger charge is -2.23. The van der Waals surface area contributed by atoms with E-state index in [-0.39, 0.29) is 17.5 Å². The zero-order chi connectivity index (χ0) is 23.2. The Labute approximate surface area is 172 Å². The summed E-state index contributed by atoms with van der Waals surface area (Å²) in [7, 11) is 0. The maximum atomic E-state index is 14.8. The summed E-state index contributed by atoms with van der Waals surface area (Å²) in [5, 5.41) is 7.27. The lowest BCUT2D eigenvalue weighted by molar-refractivity contribution is -0.192. The fourth-order valence-corrected chi connectivity index (χ4v) is 3.71. The van der Waals surface area contributed by atoms with Crippen LogP contribution in [0.25, 0.3) is 10.9 Å². The Bertz CT molecular complexity index is 1150. The summed E-state index contributed by atoms with van der Waals surface area (Å²) in [4.78, 5) is 35.6. The molecule has 1 aliphatic carbocycles. The normalized spacial score (nSPS) is 18.8. The number of nitrogen functional groups attached to an aromatic ring is 1. The van der Waals surface area contributed by atoms with Crippen LogP contribution < -0.4 is 27.7 Å². The van der Waals surface area contributed by atoms with Crippen molar-refractivity contribution >= 4 is 22.6 Å². The third-order valence-corrected chi connectivity index (χ3v) is 5.26. The molecule has 1 atom stereocenters. The molecule has 2 aliphatic rings. The van der Waals surface area contributed by atoms with Crippen molar-refractivity contribution in [3.8, 4) is 0 Å². The summed E-state index contributed by atoms with van der Waals surface area (Å²) in [5.74, 6) is 2.38. The molecule has 0 amide bonds. The molecule has 2 fully saturated rings. The second kappa shape index (κ2) is 7.87. The maximum Gasteiger partial charge on any atom is 0.490 e. The van der Waals surface area contributed by atoms with E-state index in [0.29, 0.717) is 34.5 Å². The van der Waals surface area contributed by atoms with Crippen molar-refractivity contribution in [1.29, 1.82) is 0 Å². The van der Waals surface area contributed by atoms with Gasteiger partial charge in [0.05, 0.1) is 16.6 Å². The summed E-state index contributed by atoms with van der Waals surface area (Å²) in [6.45, 7) is 2.97. The first-order chi connectivity index (χ1) is 14.3. The monoisotopic (exact) mass is 447 g/mol. The average Bonchev–Trinajstić information content (AvgIpc) is 3.42. The minimum absolute atomic E-state index is 0.00200. The number of benzene rings is 1. The van der Waals surface area contributed by atoms with Crippen molar-refractivity contribution in [3.63, 3.8) is 0 Å². The van der Waals surface area contributed by atoms with E-state index in [2.05, 4.69) is 0 Å². The molecular formula is C18H21F4N5O4. The van der Waals surface area contributed by atoms with E-state index in [1.807, 2.05) is 4.90 Å². The molecule has 5 N–H and O–H groups in total. The van der Waals surface area contributed by atoms with Crippen LogP contribution >= 0.6 is 0 Å². The lowest BCUT2D eigenvalue weighted by atomic mass is 10.1. The number of nitrogens with zero attached hydrogens (tertiary/aromatic N) is 3. The Hall–Kier alpha value is -3.09. The Kier molecular flexibility index (Phi) is 5.74. The fraction of sp³-hybridized carbons (Fsp3) is 0.500. The number of carbonyl (C=O) groups is 1. The summed E-state index contributed by atoms with van der Waals surface area (Å²) < 4.78 is 48.6. The van der Waals surface area contributed by atoms with E-state index in [1.165, 1.54) is 6.07 Å². The minimum Gasteiger partial charge on any atom is -0.475 e. The number of carboxylic acids is 1. The third-order valence-electron chi connectivity index (χ3n) is 5.26. The second-order valence-corrected chi connectivity index (χ2v) is 7.58. The lowest BCUT2D eigenvalue weighted by Crippen LogP contribution is -2.44. The van der Waals surface area contributed by atoms with Crippen molar-refractivity contribution in [2.24, 2.45) is 5.73 Å². The van der Waals surface area contributed by atoms with Gasteiger partial charge in [-0.25, -0.2) is 14.0 Å². The molecule has 9 nitrogen and oxygen atoms in total. The number of aromatic nitrogens is 2. The molecule has 2 heterocycles. The van der Waals surface area contributed by atoms with Gasteiger partial charge in [0.2, 0.25) is 0 Å². The predicted octanol–water partition coefficient (Wildman–Crippen LogP) is 0.830. The summed E-state index contributed by atoms with van der Waals surface area (Å²) in [6, 6.07) is 1.22. The molecule has 1 aromatic carbocycles. The number of halogens is 4. The molecule has 4 rings (SSSR count). The Morgan fingerprint density at radius 3 is 2.26 bits per heavy atom. The Morgan fingerprint density at radius 1 is 1.23 bits per heavy atom. The van der Waals surface area contributed by atoms with Crippen LogP contribution in [-0.4, -0.2) is 45.6 Å². The van der Waals surface area contributed by atoms with Crippen molar-refractivity contribution in [3.05, 3.63) is 38.3 Å². The molecule has 1 aliphatic heterocycles. The fourth-order valence-electron chi connectivity index (χ4n) is 3.71. The highest BCUT2D eigenvalue weighted by atomic mass is 19.4. The van der Waals surface area contributed by atoms with Crippen LogP contribution in [0.4, 0.5) is 23.2 Å². The third kappa shape index (κ3) is 4.22. The van der Waals surface area contributed by atoms with Crippen LogP contribution in [0.3, 0.4) is 0 Å². The number of aliphatic carboxylic acids is 1. The van der Waals surface area contributed by atoms with Gasteiger partial charge in [0, 0.05) is 30.7 Å². The standard InChI is InChI=1S/C16H20FN5O2.C2HF3O2/c1-8-13-11(6-12(17)14(8)20-5-4-9(18)7-20)15(23)22(19)16(24)21(13)10-2-3-10;3-2(4,5)1(6)7/h6,9-10H,2-5,7,18-19H2,1H3;(H,6,7). The van der Waals surface area contributed by atoms with Crippen molar-refractivity contribution in [1.82, 2.24) is 9.24 Å². The molecular weight excluding hydrogens is 426 g/mol. The first-order valence-electron chi connectivity index (χ1n) is 9.40. The topological polar surface area (TPSA) is 137 Å². The number of alkyl halides is 3. The highest BCUT2D eigenvalue weighted by Gasteiger charge is 2.38. The van der Waals surface area contributed by atoms with Gasteiger partial charge in [0.15, 0.2) is 0 Å². The van der Waals surface area contributed by atoms with E-state index < -0.39 is 29.2 Å². The first kappa shape index (κ1) is 22.6. The summed E-state index contributed by atoms with van der Waals surface area (Å²) >= 11 is 0. The van der Waals surface area contributed by atoms with Crippen molar-refractivity contribution < 1.29 is 27.5 Å². The van der Waals surface area contributed by atoms with E-state index in [1.54, 1.807) is 11.5 Å². The van der Waals surface area contributed by atoms with Crippen LogP contribution in [0.5, 0.6) is 0 Å². The van der Waals surface area contributed by atoms with Crippen LogP contribution in [-0.2, 0) is 4.79 Å². The predicted molar refractivity (Wildman–Crippen MR) is 104 cm³/mol. The number of fused-ring (bicyclic) bond motifs is 1. The molecule has 31 heavy (non-hydrogen) atoms. The summed E-state index contributed by atoms with van der Waals surface area (Å²) in [5.41, 5.74) is 6.25. The number of nitrogens with two attached hydrogens (primary N) is 2. The molecule has 1 saturated heterocycles. The van der Waals surface area contributed by atoms with Gasteiger partial charge in [0.1, 0.15) is 5.82 Å². The van der Waals surface area contributed by atoms with Gasteiger partial charge in [-0.3, -0.25) is 9.36 Å². The molecule has 1 aromatic heterocycles. The number of aryl methyl sites for hydroxylation is 1. The highest BCUT2D eigenvalue weighted by Crippen LogP contribution is 2.38. The number of carboxylic acid groups (broad SMARTS) is 1. The van der Waals surface area contributed by atoms with E-state index in [0.717, 1.165) is 19.3 Å². The number of rotatable bonds is 2. The molecule has 1 unspecified atom stereocenters. The van der Waals surface area contributed by atoms with Gasteiger partial charge in [-0.1, -0.05) is 0 Å². The van der Waals surface area contributed by atoms with Crippen molar-refractivity contribution in [2.75, 3.05) is 23.8 Å². The van der Waals surface area contributed by atoms with Gasteiger partial charge < -0.3 is 21.6 Å². The van der Waals surface area contributed by atoms with E-state index in [9.17, 15) is 27.2 Å². The largest absolute Gasteiger partial charge is 0.490 e. The second-order valence-electron chi connectivity index (χ2n) is 7.58. The molecule has 1 saturated carbocycles. The number of hydrogen-bond donors (Lipinski definition) is 3. The molecule has 2 aromatic rings. The maximum absolute atomic E-state index is 14.8. The average molecular weight is 447 g/mol. The van der Waals surface area contributed by atoms with Gasteiger partial charge >= 0.3 is 17.8 Å². The molecule has 13 heteroatoms. The van der Waals surface area contributed by atoms with Crippen LogP contribution in [0.2, 0.25) is 0 Å². The number of hydrogen-bond acceptors (Lipinski definition) is 6. The molecule has 0 radical (unpaired) electrons.